The Morgan fingerprint density at radius 3 is 2.31 bits per heavy atom. The van der Waals surface area contributed by atoms with Crippen molar-refractivity contribution >= 4 is 6.16 Å². The predicted octanol–water partition coefficient (Wildman–Crippen LogP) is 3.44. The summed E-state index contributed by atoms with van der Waals surface area (Å²) in [6, 6.07) is 14.6. The third-order valence-electron chi connectivity index (χ3n) is 3.61. The highest BCUT2D eigenvalue weighted by atomic mass is 16.7. The molecule has 0 saturated carbocycles. The number of methoxy groups -OCH3 is 1. The van der Waals surface area contributed by atoms with E-state index in [1.54, 1.807) is 18.2 Å². The standard InChI is InChI=1S/C20H23NO5/c1-25-20(24)26-10-6-5-9-21(14-16-7-3-2-4-8-16)15-17-11-18(22)13-19(23)12-17/h2-8,11-13,22-23H,9-10,14-15H2,1H3/b6-5+. The maximum Gasteiger partial charge on any atom is 0.508 e. The van der Waals surface area contributed by atoms with Gasteiger partial charge in [0.2, 0.25) is 0 Å². The minimum atomic E-state index is -0.717. The van der Waals surface area contributed by atoms with Crippen LogP contribution in [0.4, 0.5) is 4.79 Å². The minimum absolute atomic E-state index is 0.0293. The van der Waals surface area contributed by atoms with E-state index in [2.05, 4.69) is 9.64 Å². The van der Waals surface area contributed by atoms with Crippen molar-refractivity contribution in [2.24, 2.45) is 0 Å². The molecule has 0 aliphatic carbocycles. The summed E-state index contributed by atoms with van der Waals surface area (Å²) in [5, 5.41) is 19.3. The van der Waals surface area contributed by atoms with Crippen molar-refractivity contribution in [3.63, 3.8) is 0 Å². The van der Waals surface area contributed by atoms with Crippen LogP contribution in [0.1, 0.15) is 11.1 Å². The van der Waals surface area contributed by atoms with Crippen molar-refractivity contribution < 1.29 is 24.5 Å². The molecule has 0 unspecified atom stereocenters. The maximum atomic E-state index is 10.9. The van der Waals surface area contributed by atoms with Crippen LogP contribution < -0.4 is 0 Å². The molecule has 0 bridgehead atoms. The number of carbonyl (C=O) groups excluding carboxylic acids is 1. The number of aromatic hydroxyl groups is 2. The number of benzene rings is 2. The number of hydrogen-bond donors (Lipinski definition) is 2. The molecule has 2 aromatic carbocycles. The van der Waals surface area contributed by atoms with E-state index in [1.165, 1.54) is 13.2 Å². The van der Waals surface area contributed by atoms with Gasteiger partial charge in [0.15, 0.2) is 0 Å². The highest BCUT2D eigenvalue weighted by Gasteiger charge is 2.08. The van der Waals surface area contributed by atoms with Gasteiger partial charge in [0, 0.05) is 25.7 Å². The van der Waals surface area contributed by atoms with Gasteiger partial charge in [-0.3, -0.25) is 4.90 Å². The first-order valence-corrected chi connectivity index (χ1v) is 8.20. The van der Waals surface area contributed by atoms with Crippen LogP contribution in [0.2, 0.25) is 0 Å². The molecule has 0 amide bonds. The Hall–Kier alpha value is -2.99. The zero-order chi connectivity index (χ0) is 18.8. The molecule has 2 aromatic rings. The lowest BCUT2D eigenvalue weighted by Gasteiger charge is -2.21. The van der Waals surface area contributed by atoms with Gasteiger partial charge >= 0.3 is 6.16 Å². The summed E-state index contributed by atoms with van der Waals surface area (Å²) in [4.78, 5) is 13.1. The predicted molar refractivity (Wildman–Crippen MR) is 97.8 cm³/mol. The quantitative estimate of drug-likeness (QED) is 0.557. The van der Waals surface area contributed by atoms with E-state index in [0.29, 0.717) is 19.6 Å². The van der Waals surface area contributed by atoms with Crippen LogP contribution in [-0.4, -0.2) is 41.5 Å². The fourth-order valence-electron chi connectivity index (χ4n) is 2.50. The fraction of sp³-hybridized carbons (Fsp3) is 0.250. The van der Waals surface area contributed by atoms with Gasteiger partial charge in [-0.2, -0.15) is 0 Å². The first-order chi connectivity index (χ1) is 12.6. The molecule has 0 atom stereocenters. The van der Waals surface area contributed by atoms with E-state index in [4.69, 9.17) is 4.74 Å². The molecule has 0 aliphatic heterocycles. The van der Waals surface area contributed by atoms with E-state index >= 15 is 0 Å². The van der Waals surface area contributed by atoms with Gasteiger partial charge in [-0.15, -0.1) is 0 Å². The Morgan fingerprint density at radius 2 is 1.65 bits per heavy atom. The van der Waals surface area contributed by atoms with Gasteiger partial charge in [-0.05, 0) is 29.3 Å². The first-order valence-electron chi connectivity index (χ1n) is 8.20. The molecule has 0 heterocycles. The summed E-state index contributed by atoms with van der Waals surface area (Å²) in [6.07, 6.45) is 2.93. The van der Waals surface area contributed by atoms with Crippen LogP contribution in [-0.2, 0) is 22.6 Å². The third kappa shape index (κ3) is 6.86. The summed E-state index contributed by atoms with van der Waals surface area (Å²) >= 11 is 0. The number of rotatable bonds is 8. The molecule has 0 aliphatic rings. The van der Waals surface area contributed by atoms with Crippen molar-refractivity contribution in [3.8, 4) is 11.5 Å². The molecule has 0 radical (unpaired) electrons. The Bertz CT molecular complexity index is 710. The van der Waals surface area contributed by atoms with Crippen molar-refractivity contribution in [1.29, 1.82) is 0 Å². The van der Waals surface area contributed by atoms with E-state index in [-0.39, 0.29) is 18.1 Å². The van der Waals surface area contributed by atoms with Crippen LogP contribution in [0.3, 0.4) is 0 Å². The van der Waals surface area contributed by atoms with Gasteiger partial charge in [0.25, 0.3) is 0 Å². The van der Waals surface area contributed by atoms with Gasteiger partial charge in [0.1, 0.15) is 18.1 Å². The molecule has 0 saturated heterocycles. The Kier molecular flexibility index (Phi) is 7.51. The van der Waals surface area contributed by atoms with E-state index in [0.717, 1.165) is 11.1 Å². The van der Waals surface area contributed by atoms with Crippen LogP contribution in [0.15, 0.2) is 60.7 Å². The fourth-order valence-corrected chi connectivity index (χ4v) is 2.50. The zero-order valence-electron chi connectivity index (χ0n) is 14.7. The lowest BCUT2D eigenvalue weighted by Crippen LogP contribution is -2.23. The van der Waals surface area contributed by atoms with Crippen molar-refractivity contribution in [2.75, 3.05) is 20.3 Å². The molecule has 6 heteroatoms. The summed E-state index contributed by atoms with van der Waals surface area (Å²) in [5.74, 6) is 0.0587. The SMILES string of the molecule is COC(=O)OC/C=C/CN(Cc1ccccc1)Cc1cc(O)cc(O)c1. The minimum Gasteiger partial charge on any atom is -0.508 e. The largest absolute Gasteiger partial charge is 0.508 e. The van der Waals surface area contributed by atoms with Crippen LogP contribution in [0, 0.1) is 0 Å². The molecule has 0 aromatic heterocycles. The van der Waals surface area contributed by atoms with Gasteiger partial charge in [-0.1, -0.05) is 36.4 Å². The second-order valence-corrected chi connectivity index (χ2v) is 5.75. The number of hydrogen-bond acceptors (Lipinski definition) is 6. The van der Waals surface area contributed by atoms with E-state index in [9.17, 15) is 15.0 Å². The molecule has 6 nitrogen and oxygen atoms in total. The Morgan fingerprint density at radius 1 is 1.00 bits per heavy atom. The zero-order valence-corrected chi connectivity index (χ0v) is 14.7. The lowest BCUT2D eigenvalue weighted by molar-refractivity contribution is 0.0817. The summed E-state index contributed by atoms with van der Waals surface area (Å²) in [5.41, 5.74) is 1.95. The van der Waals surface area contributed by atoms with Gasteiger partial charge in [-0.25, -0.2) is 4.79 Å². The van der Waals surface area contributed by atoms with Crippen molar-refractivity contribution in [2.45, 2.75) is 13.1 Å². The van der Waals surface area contributed by atoms with Gasteiger partial charge < -0.3 is 19.7 Å². The van der Waals surface area contributed by atoms with Gasteiger partial charge in [0.05, 0.1) is 7.11 Å². The smallest absolute Gasteiger partial charge is 0.508 e. The third-order valence-corrected chi connectivity index (χ3v) is 3.61. The number of ether oxygens (including phenoxy) is 2. The van der Waals surface area contributed by atoms with Crippen LogP contribution in [0.25, 0.3) is 0 Å². The number of nitrogens with zero attached hydrogens (tertiary/aromatic N) is 1. The Balaban J connectivity index is 2.01. The van der Waals surface area contributed by atoms with Crippen LogP contribution >= 0.6 is 0 Å². The average molecular weight is 357 g/mol. The summed E-state index contributed by atoms with van der Waals surface area (Å²) in [7, 11) is 1.26. The maximum absolute atomic E-state index is 10.9. The number of phenolic OH excluding ortho intramolecular Hbond substituents is 2. The molecule has 2 N–H and O–H groups in total. The average Bonchev–Trinajstić information content (AvgIpc) is 2.61. The second kappa shape index (κ2) is 10.1. The van der Waals surface area contributed by atoms with Crippen LogP contribution in [0.5, 0.6) is 11.5 Å². The topological polar surface area (TPSA) is 79.2 Å². The van der Waals surface area contributed by atoms with E-state index < -0.39 is 6.16 Å². The monoisotopic (exact) mass is 357 g/mol. The highest BCUT2D eigenvalue weighted by molar-refractivity contribution is 5.59. The molecular weight excluding hydrogens is 334 g/mol. The molecule has 26 heavy (non-hydrogen) atoms. The summed E-state index contributed by atoms with van der Waals surface area (Å²) in [6.45, 7) is 1.98. The Labute approximate surface area is 152 Å². The first kappa shape index (κ1) is 19.3. The number of phenols is 2. The molecular formula is C20H23NO5. The van der Waals surface area contributed by atoms with Crippen molar-refractivity contribution in [3.05, 3.63) is 71.8 Å². The number of carbonyl (C=O) groups is 1. The molecule has 0 fully saturated rings. The lowest BCUT2D eigenvalue weighted by atomic mass is 10.1. The second-order valence-electron chi connectivity index (χ2n) is 5.75. The molecule has 138 valence electrons. The molecule has 0 spiro atoms. The highest BCUT2D eigenvalue weighted by Crippen LogP contribution is 2.22. The molecule has 2 rings (SSSR count). The summed E-state index contributed by atoms with van der Waals surface area (Å²) < 4.78 is 9.21. The van der Waals surface area contributed by atoms with E-state index in [1.807, 2.05) is 36.4 Å². The normalized spacial score (nSPS) is 11.0. The van der Waals surface area contributed by atoms with Crippen molar-refractivity contribution in [1.82, 2.24) is 4.90 Å².